The molecule has 0 bridgehead atoms. The zero-order valence-corrected chi connectivity index (χ0v) is 19.5. The van der Waals surface area contributed by atoms with E-state index in [-0.39, 0.29) is 24.9 Å². The van der Waals surface area contributed by atoms with Crippen LogP contribution in [0.25, 0.3) is 0 Å². The van der Waals surface area contributed by atoms with Crippen molar-refractivity contribution in [1.29, 1.82) is 0 Å². The van der Waals surface area contributed by atoms with E-state index in [1.807, 2.05) is 31.2 Å². The molecule has 6 nitrogen and oxygen atoms in total. The minimum atomic E-state index is -0.136. The first kappa shape index (κ1) is 24.4. The van der Waals surface area contributed by atoms with Gasteiger partial charge in [-0.2, -0.15) is 0 Å². The summed E-state index contributed by atoms with van der Waals surface area (Å²) in [5.41, 5.74) is 3.85. The number of para-hydroxylation sites is 1. The van der Waals surface area contributed by atoms with E-state index in [1.54, 1.807) is 13.2 Å². The fourth-order valence-corrected chi connectivity index (χ4v) is 3.55. The van der Waals surface area contributed by atoms with Crippen molar-refractivity contribution in [1.82, 2.24) is 0 Å². The topological polar surface area (TPSA) is 71.9 Å². The number of nitrogens with one attached hydrogen (secondary N) is 3. The quantitative estimate of drug-likeness (QED) is 0.545. The van der Waals surface area contributed by atoms with Crippen molar-refractivity contribution >= 4 is 23.2 Å². The second-order valence-electron chi connectivity index (χ2n) is 8.41. The van der Waals surface area contributed by atoms with Crippen LogP contribution in [0.4, 0.5) is 11.4 Å². The van der Waals surface area contributed by atoms with Gasteiger partial charge in [0.1, 0.15) is 5.75 Å². The zero-order valence-electron chi connectivity index (χ0n) is 19.5. The van der Waals surface area contributed by atoms with E-state index < -0.39 is 0 Å². The Balaban J connectivity index is 2.04. The van der Waals surface area contributed by atoms with E-state index in [1.165, 1.54) is 0 Å². The van der Waals surface area contributed by atoms with Crippen LogP contribution >= 0.6 is 0 Å². The second-order valence-corrected chi connectivity index (χ2v) is 8.41. The third-order valence-corrected chi connectivity index (χ3v) is 5.31. The molecule has 0 spiro atoms. The van der Waals surface area contributed by atoms with Crippen LogP contribution < -0.4 is 20.3 Å². The van der Waals surface area contributed by atoms with Crippen molar-refractivity contribution in [2.24, 2.45) is 0 Å². The van der Waals surface area contributed by atoms with Crippen LogP contribution in [0.2, 0.25) is 0 Å². The molecule has 6 heteroatoms. The maximum absolute atomic E-state index is 12.9. The maximum atomic E-state index is 12.9. The van der Waals surface area contributed by atoms with Gasteiger partial charge in [0.15, 0.2) is 13.1 Å². The monoisotopic (exact) mass is 426 g/mol. The third kappa shape index (κ3) is 7.10. The summed E-state index contributed by atoms with van der Waals surface area (Å²) in [7, 11) is 1.59. The zero-order chi connectivity index (χ0) is 23.0. The van der Waals surface area contributed by atoms with Crippen LogP contribution in [-0.2, 0) is 9.59 Å². The average Bonchev–Trinajstić information content (AvgIpc) is 2.72. The number of likely N-dealkylation sites (N-methyl/N-ethyl adjacent to an activating group) is 1. The molecule has 0 saturated heterocycles. The first-order chi connectivity index (χ1) is 14.7. The van der Waals surface area contributed by atoms with Crippen LogP contribution in [-0.4, -0.2) is 38.6 Å². The van der Waals surface area contributed by atoms with Crippen molar-refractivity contribution in [2.45, 2.75) is 46.5 Å². The van der Waals surface area contributed by atoms with Crippen LogP contribution in [0, 0.1) is 0 Å². The van der Waals surface area contributed by atoms with Gasteiger partial charge in [-0.1, -0.05) is 52.0 Å². The summed E-state index contributed by atoms with van der Waals surface area (Å²) in [6.45, 7) is 11.6. The summed E-state index contributed by atoms with van der Waals surface area (Å²) in [5.74, 6) is 1.07. The van der Waals surface area contributed by atoms with Crippen LogP contribution in [0.15, 0.2) is 42.5 Å². The van der Waals surface area contributed by atoms with Crippen LogP contribution in [0.5, 0.6) is 5.75 Å². The Labute approximate surface area is 186 Å². The van der Waals surface area contributed by atoms with Crippen LogP contribution in [0.3, 0.4) is 0 Å². The summed E-state index contributed by atoms with van der Waals surface area (Å²) < 4.78 is 5.19. The summed E-state index contributed by atoms with van der Waals surface area (Å²) in [5, 5.41) is 6.02. The van der Waals surface area contributed by atoms with E-state index >= 15 is 0 Å². The molecule has 0 heterocycles. The second kappa shape index (κ2) is 11.5. The lowest BCUT2D eigenvalue weighted by atomic mass is 9.92. The van der Waals surface area contributed by atoms with Crippen molar-refractivity contribution in [3.63, 3.8) is 0 Å². The van der Waals surface area contributed by atoms with Gasteiger partial charge in [0.25, 0.3) is 11.8 Å². The lowest BCUT2D eigenvalue weighted by Crippen LogP contribution is -3.13. The van der Waals surface area contributed by atoms with E-state index in [0.717, 1.165) is 21.7 Å². The predicted octanol–water partition coefficient (Wildman–Crippen LogP) is 3.42. The molecule has 1 atom stereocenters. The van der Waals surface area contributed by atoms with Gasteiger partial charge in [0.2, 0.25) is 0 Å². The molecule has 1 unspecified atom stereocenters. The maximum Gasteiger partial charge on any atom is 0.279 e. The molecule has 3 N–H and O–H groups in total. The molecule has 0 aliphatic rings. The van der Waals surface area contributed by atoms with E-state index in [9.17, 15) is 9.59 Å². The van der Waals surface area contributed by atoms with Gasteiger partial charge in [-0.15, -0.1) is 0 Å². The molecule has 168 valence electrons. The van der Waals surface area contributed by atoms with E-state index in [4.69, 9.17) is 4.74 Å². The van der Waals surface area contributed by atoms with Gasteiger partial charge >= 0.3 is 0 Å². The molecule has 0 radical (unpaired) electrons. The van der Waals surface area contributed by atoms with Crippen LogP contribution in [0.1, 0.15) is 57.6 Å². The minimum Gasteiger partial charge on any atom is -0.497 e. The first-order valence-electron chi connectivity index (χ1n) is 10.9. The Hall–Kier alpha value is -2.86. The third-order valence-electron chi connectivity index (χ3n) is 5.31. The minimum absolute atomic E-state index is 0.0824. The number of carbonyl (C=O) groups excluding carboxylic acids is 2. The lowest BCUT2D eigenvalue weighted by molar-refractivity contribution is -0.881. The average molecular weight is 427 g/mol. The number of methoxy groups -OCH3 is 1. The number of amides is 2. The largest absolute Gasteiger partial charge is 0.497 e. The molecule has 0 aliphatic heterocycles. The standard InChI is InChI=1S/C25H35N3O3/c1-7-28(15-23(29)26-19-10-8-11-20(14-19)31-6)16-24(30)27-25-21(17(2)3)12-9-13-22(25)18(4)5/h8-14,17-18H,7,15-16H2,1-6H3,(H,26,29)(H,27,30)/p+1. The Morgan fingerprint density at radius 1 is 0.903 bits per heavy atom. The Bertz CT molecular complexity index is 867. The molecule has 0 aliphatic carbocycles. The van der Waals surface area contributed by atoms with Crippen molar-refractivity contribution in [3.8, 4) is 5.75 Å². The molecule has 2 aromatic rings. The number of hydrogen-bond acceptors (Lipinski definition) is 3. The number of hydrogen-bond donors (Lipinski definition) is 3. The number of anilines is 2. The molecule has 2 amide bonds. The predicted molar refractivity (Wildman–Crippen MR) is 126 cm³/mol. The van der Waals surface area contributed by atoms with Gasteiger partial charge in [0, 0.05) is 17.4 Å². The molecule has 2 rings (SSSR count). The normalized spacial score (nSPS) is 12.0. The number of rotatable bonds is 10. The van der Waals surface area contributed by atoms with Crippen molar-refractivity contribution < 1.29 is 19.2 Å². The summed E-state index contributed by atoms with van der Waals surface area (Å²) in [4.78, 5) is 26.3. The smallest absolute Gasteiger partial charge is 0.279 e. The number of benzene rings is 2. The molecule has 31 heavy (non-hydrogen) atoms. The Kier molecular flexibility index (Phi) is 9.06. The Morgan fingerprint density at radius 2 is 1.45 bits per heavy atom. The first-order valence-corrected chi connectivity index (χ1v) is 10.9. The molecular weight excluding hydrogens is 390 g/mol. The molecule has 2 aromatic carbocycles. The number of ether oxygens (including phenoxy) is 1. The molecule has 0 aromatic heterocycles. The molecular formula is C25H36N3O3+. The van der Waals surface area contributed by atoms with E-state index in [0.29, 0.717) is 29.8 Å². The molecule has 0 fully saturated rings. The fraction of sp³-hybridized carbons (Fsp3) is 0.440. The Morgan fingerprint density at radius 3 is 1.97 bits per heavy atom. The van der Waals surface area contributed by atoms with Crippen molar-refractivity contribution in [3.05, 3.63) is 53.6 Å². The summed E-state index contributed by atoms with van der Waals surface area (Å²) >= 11 is 0. The number of quaternary nitrogens is 1. The highest BCUT2D eigenvalue weighted by molar-refractivity contribution is 5.94. The number of carbonyl (C=O) groups is 2. The molecule has 0 saturated carbocycles. The SMILES string of the molecule is CC[NH+](CC(=O)Nc1cccc(OC)c1)CC(=O)Nc1c(C(C)C)cccc1C(C)C. The van der Waals surface area contributed by atoms with Gasteiger partial charge in [-0.3, -0.25) is 9.59 Å². The lowest BCUT2D eigenvalue weighted by Gasteiger charge is -2.22. The highest BCUT2D eigenvalue weighted by atomic mass is 16.5. The van der Waals surface area contributed by atoms with E-state index in [2.05, 4.69) is 50.5 Å². The van der Waals surface area contributed by atoms with Gasteiger partial charge in [-0.25, -0.2) is 0 Å². The highest BCUT2D eigenvalue weighted by Crippen LogP contribution is 2.32. The summed E-state index contributed by atoms with van der Waals surface area (Å²) in [6, 6.07) is 13.4. The van der Waals surface area contributed by atoms with Gasteiger partial charge < -0.3 is 20.3 Å². The van der Waals surface area contributed by atoms with Gasteiger partial charge in [0.05, 0.1) is 13.7 Å². The summed E-state index contributed by atoms with van der Waals surface area (Å²) in [6.07, 6.45) is 0. The highest BCUT2D eigenvalue weighted by Gasteiger charge is 2.20. The van der Waals surface area contributed by atoms with Gasteiger partial charge in [-0.05, 0) is 42.0 Å². The fourth-order valence-electron chi connectivity index (χ4n) is 3.55. The van der Waals surface area contributed by atoms with Crippen molar-refractivity contribution in [2.75, 3.05) is 37.4 Å².